The number of hydrogen-bond acceptors (Lipinski definition) is 4. The Balaban J connectivity index is 2.37. The highest BCUT2D eigenvalue weighted by molar-refractivity contribution is 5.77. The summed E-state index contributed by atoms with van der Waals surface area (Å²) in [5, 5.41) is 3.09. The Morgan fingerprint density at radius 2 is 2.35 bits per heavy atom. The molecule has 1 aromatic heterocycles. The van der Waals surface area contributed by atoms with Crippen molar-refractivity contribution in [1.82, 2.24) is 15.2 Å². The van der Waals surface area contributed by atoms with E-state index in [2.05, 4.69) is 10.3 Å². The quantitative estimate of drug-likeness (QED) is 0.789. The summed E-state index contributed by atoms with van der Waals surface area (Å²) in [6.45, 7) is 3.65. The van der Waals surface area contributed by atoms with E-state index in [1.54, 1.807) is 25.3 Å². The lowest BCUT2D eigenvalue weighted by Gasteiger charge is -2.14. The minimum Gasteiger partial charge on any atom is -0.481 e. The number of carbonyl (C=O) groups is 1. The third kappa shape index (κ3) is 4.40. The predicted octanol–water partition coefficient (Wildman–Crippen LogP) is 0.658. The second-order valence-electron chi connectivity index (χ2n) is 3.72. The summed E-state index contributed by atoms with van der Waals surface area (Å²) >= 11 is 0. The van der Waals surface area contributed by atoms with E-state index < -0.39 is 0 Å². The first-order chi connectivity index (χ1) is 8.17. The molecule has 5 nitrogen and oxygen atoms in total. The van der Waals surface area contributed by atoms with Gasteiger partial charge in [0.25, 0.3) is 0 Å². The van der Waals surface area contributed by atoms with Crippen LogP contribution in [0.5, 0.6) is 5.88 Å². The molecule has 0 aromatic carbocycles. The van der Waals surface area contributed by atoms with E-state index in [9.17, 15) is 4.79 Å². The maximum atomic E-state index is 11.5. The topological polar surface area (TPSA) is 54.5 Å². The van der Waals surface area contributed by atoms with Crippen LogP contribution in [0.2, 0.25) is 0 Å². The molecule has 0 bridgehead atoms. The van der Waals surface area contributed by atoms with E-state index in [-0.39, 0.29) is 5.91 Å². The number of hydrogen-bond donors (Lipinski definition) is 1. The predicted molar refractivity (Wildman–Crippen MR) is 65.8 cm³/mol. The molecule has 0 radical (unpaired) electrons. The van der Waals surface area contributed by atoms with E-state index in [4.69, 9.17) is 4.74 Å². The summed E-state index contributed by atoms with van der Waals surface area (Å²) in [4.78, 5) is 17.2. The van der Waals surface area contributed by atoms with E-state index in [0.29, 0.717) is 19.0 Å². The molecule has 5 heteroatoms. The molecule has 1 heterocycles. The number of nitrogens with one attached hydrogen (secondary N) is 1. The van der Waals surface area contributed by atoms with E-state index in [1.165, 1.54) is 0 Å². The summed E-state index contributed by atoms with van der Waals surface area (Å²) in [5.74, 6) is 0.676. The van der Waals surface area contributed by atoms with Gasteiger partial charge in [-0.05, 0) is 18.6 Å². The number of pyridine rings is 1. The smallest absolute Gasteiger partial charge is 0.236 e. The van der Waals surface area contributed by atoms with E-state index in [0.717, 1.165) is 12.1 Å². The van der Waals surface area contributed by atoms with Gasteiger partial charge in [-0.2, -0.15) is 0 Å². The number of rotatable bonds is 6. The number of likely N-dealkylation sites (N-methyl/N-ethyl adjacent to an activating group) is 1. The van der Waals surface area contributed by atoms with Crippen LogP contribution in [0.25, 0.3) is 0 Å². The van der Waals surface area contributed by atoms with Gasteiger partial charge < -0.3 is 15.0 Å². The van der Waals surface area contributed by atoms with Gasteiger partial charge in [-0.25, -0.2) is 4.98 Å². The van der Waals surface area contributed by atoms with Crippen LogP contribution in [0.3, 0.4) is 0 Å². The third-order valence-electron chi connectivity index (χ3n) is 2.51. The van der Waals surface area contributed by atoms with Crippen LogP contribution in [0, 0.1) is 0 Å². The maximum absolute atomic E-state index is 11.5. The largest absolute Gasteiger partial charge is 0.481 e. The molecule has 1 N–H and O–H groups in total. The first-order valence-corrected chi connectivity index (χ1v) is 5.61. The fraction of sp³-hybridized carbons (Fsp3) is 0.500. The Morgan fingerprint density at radius 3 is 3.00 bits per heavy atom. The van der Waals surface area contributed by atoms with Crippen LogP contribution < -0.4 is 10.1 Å². The average molecular weight is 237 g/mol. The fourth-order valence-electron chi connectivity index (χ4n) is 1.30. The second-order valence-corrected chi connectivity index (χ2v) is 3.72. The highest BCUT2D eigenvalue weighted by atomic mass is 16.5. The minimum atomic E-state index is 0.0912. The van der Waals surface area contributed by atoms with Crippen LogP contribution >= 0.6 is 0 Å². The van der Waals surface area contributed by atoms with Crippen LogP contribution in [0.15, 0.2) is 18.3 Å². The van der Waals surface area contributed by atoms with Crippen LogP contribution in [0.1, 0.15) is 12.5 Å². The van der Waals surface area contributed by atoms with Crippen molar-refractivity contribution in [3.8, 4) is 5.88 Å². The molecule has 0 aliphatic rings. The van der Waals surface area contributed by atoms with Gasteiger partial charge in [-0.3, -0.25) is 4.79 Å². The highest BCUT2D eigenvalue weighted by Crippen LogP contribution is 2.07. The minimum absolute atomic E-state index is 0.0912. The molecule has 0 fully saturated rings. The van der Waals surface area contributed by atoms with Crippen molar-refractivity contribution in [1.29, 1.82) is 0 Å². The van der Waals surface area contributed by atoms with Gasteiger partial charge in [-0.1, -0.05) is 0 Å². The van der Waals surface area contributed by atoms with Crippen molar-refractivity contribution in [3.63, 3.8) is 0 Å². The van der Waals surface area contributed by atoms with Crippen molar-refractivity contribution in [3.05, 3.63) is 23.9 Å². The van der Waals surface area contributed by atoms with Gasteiger partial charge in [0, 0.05) is 32.4 Å². The lowest BCUT2D eigenvalue weighted by molar-refractivity contribution is -0.128. The number of carbonyl (C=O) groups excluding carboxylic acids is 1. The summed E-state index contributed by atoms with van der Waals surface area (Å²) in [6.07, 6.45) is 1.69. The molecule has 0 saturated carbocycles. The maximum Gasteiger partial charge on any atom is 0.236 e. The van der Waals surface area contributed by atoms with Gasteiger partial charge in [0.1, 0.15) is 0 Å². The van der Waals surface area contributed by atoms with Crippen molar-refractivity contribution >= 4 is 5.91 Å². The van der Waals surface area contributed by atoms with Crippen LogP contribution in [-0.2, 0) is 11.3 Å². The molecular weight excluding hydrogens is 218 g/mol. The van der Waals surface area contributed by atoms with Gasteiger partial charge in [0.05, 0.1) is 13.7 Å². The lowest BCUT2D eigenvalue weighted by Crippen LogP contribution is -2.35. The molecule has 94 valence electrons. The molecule has 0 atom stereocenters. The average Bonchev–Trinajstić information content (AvgIpc) is 2.37. The first-order valence-electron chi connectivity index (χ1n) is 5.61. The van der Waals surface area contributed by atoms with Crippen LogP contribution in [-0.4, -0.2) is 43.0 Å². The van der Waals surface area contributed by atoms with Crippen molar-refractivity contribution < 1.29 is 9.53 Å². The summed E-state index contributed by atoms with van der Waals surface area (Å²) in [7, 11) is 3.37. The SMILES string of the molecule is CCN(C)C(=O)CNCc1ccnc(OC)c1. The Bertz CT molecular complexity index is 369. The third-order valence-corrected chi connectivity index (χ3v) is 2.51. The Labute approximate surface area is 102 Å². The normalized spacial score (nSPS) is 10.1. The molecule has 1 amide bonds. The first kappa shape index (κ1) is 13.4. The van der Waals surface area contributed by atoms with Gasteiger partial charge >= 0.3 is 0 Å². The van der Waals surface area contributed by atoms with Gasteiger partial charge in [-0.15, -0.1) is 0 Å². The standard InChI is InChI=1S/C12H19N3O2/c1-4-15(2)12(16)9-13-8-10-5-6-14-11(7-10)17-3/h5-7,13H,4,8-9H2,1-3H3. The number of methoxy groups -OCH3 is 1. The lowest BCUT2D eigenvalue weighted by atomic mass is 10.2. The van der Waals surface area contributed by atoms with Crippen molar-refractivity contribution in [2.24, 2.45) is 0 Å². The molecule has 1 aromatic rings. The molecule has 0 unspecified atom stereocenters. The number of ether oxygens (including phenoxy) is 1. The Morgan fingerprint density at radius 1 is 1.59 bits per heavy atom. The second kappa shape index (κ2) is 6.85. The molecule has 1 rings (SSSR count). The zero-order valence-corrected chi connectivity index (χ0v) is 10.6. The Kier molecular flexibility index (Phi) is 5.42. The zero-order chi connectivity index (χ0) is 12.7. The monoisotopic (exact) mass is 237 g/mol. The fourth-order valence-corrected chi connectivity index (χ4v) is 1.30. The molecule has 0 saturated heterocycles. The number of amides is 1. The van der Waals surface area contributed by atoms with Crippen LogP contribution in [0.4, 0.5) is 0 Å². The van der Waals surface area contributed by atoms with Crippen molar-refractivity contribution in [2.45, 2.75) is 13.5 Å². The summed E-state index contributed by atoms with van der Waals surface area (Å²) in [5.41, 5.74) is 1.05. The molecule has 0 aliphatic heterocycles. The number of nitrogens with zero attached hydrogens (tertiary/aromatic N) is 2. The summed E-state index contributed by atoms with van der Waals surface area (Å²) in [6, 6.07) is 3.74. The van der Waals surface area contributed by atoms with Crippen molar-refractivity contribution in [2.75, 3.05) is 27.2 Å². The zero-order valence-electron chi connectivity index (χ0n) is 10.6. The van der Waals surface area contributed by atoms with E-state index >= 15 is 0 Å². The van der Waals surface area contributed by atoms with Gasteiger partial charge in [0.15, 0.2) is 0 Å². The number of aromatic nitrogens is 1. The van der Waals surface area contributed by atoms with Gasteiger partial charge in [0.2, 0.25) is 11.8 Å². The molecular formula is C12H19N3O2. The molecule has 17 heavy (non-hydrogen) atoms. The summed E-state index contributed by atoms with van der Waals surface area (Å²) < 4.78 is 5.02. The highest BCUT2D eigenvalue weighted by Gasteiger charge is 2.05. The Hall–Kier alpha value is -1.62. The molecule has 0 spiro atoms. The molecule has 0 aliphatic carbocycles. The van der Waals surface area contributed by atoms with E-state index in [1.807, 2.05) is 19.1 Å².